The van der Waals surface area contributed by atoms with Crippen LogP contribution in [0, 0.1) is 0 Å². The summed E-state index contributed by atoms with van der Waals surface area (Å²) in [4.78, 5) is 27.5. The molecule has 160 valence electrons. The molecular formula is C24H26N4O3. The predicted octanol–water partition coefficient (Wildman–Crippen LogP) is 4.02. The molecule has 0 aliphatic carbocycles. The predicted molar refractivity (Wildman–Crippen MR) is 118 cm³/mol. The SMILES string of the molecule is CO[C@@H](C(=O)N1Cc2[nH]nc(NC(=O)c3ccc(C(C)C)cc3)c2C1)c1ccccc1. The molecule has 0 unspecified atom stereocenters. The van der Waals surface area contributed by atoms with E-state index in [1.807, 2.05) is 54.6 Å². The van der Waals surface area contributed by atoms with Gasteiger partial charge < -0.3 is 15.0 Å². The summed E-state index contributed by atoms with van der Waals surface area (Å²) in [5.41, 5.74) is 4.19. The van der Waals surface area contributed by atoms with Crippen LogP contribution < -0.4 is 5.32 Å². The molecule has 31 heavy (non-hydrogen) atoms. The van der Waals surface area contributed by atoms with Crippen LogP contribution in [0.1, 0.15) is 58.6 Å². The minimum Gasteiger partial charge on any atom is -0.367 e. The van der Waals surface area contributed by atoms with Crippen molar-refractivity contribution in [3.63, 3.8) is 0 Å². The number of hydrogen-bond acceptors (Lipinski definition) is 4. The third-order valence-corrected chi connectivity index (χ3v) is 5.60. The van der Waals surface area contributed by atoms with Crippen LogP contribution in [-0.4, -0.2) is 34.0 Å². The summed E-state index contributed by atoms with van der Waals surface area (Å²) >= 11 is 0. The van der Waals surface area contributed by atoms with Gasteiger partial charge in [0.15, 0.2) is 11.9 Å². The summed E-state index contributed by atoms with van der Waals surface area (Å²) in [7, 11) is 1.53. The molecule has 0 fully saturated rings. The van der Waals surface area contributed by atoms with Crippen molar-refractivity contribution in [1.82, 2.24) is 15.1 Å². The quantitative estimate of drug-likeness (QED) is 0.633. The van der Waals surface area contributed by atoms with Gasteiger partial charge >= 0.3 is 0 Å². The maximum Gasteiger partial charge on any atom is 0.256 e. The Bertz CT molecular complexity index is 1070. The van der Waals surface area contributed by atoms with E-state index in [0.717, 1.165) is 16.8 Å². The molecule has 0 bridgehead atoms. The number of aromatic amines is 1. The van der Waals surface area contributed by atoms with Crippen molar-refractivity contribution in [2.75, 3.05) is 12.4 Å². The largest absolute Gasteiger partial charge is 0.367 e. The average molecular weight is 418 g/mol. The standard InChI is InChI=1S/C24H26N4O3/c1-15(2)16-9-11-18(12-10-16)23(29)25-22-19-13-28(14-20(19)26-27-22)24(30)21(31-3)17-7-5-4-6-8-17/h4-12,15,21H,13-14H2,1-3H3,(H2,25,26,27,29)/t21-/m1/s1. The molecule has 1 aliphatic rings. The molecule has 0 radical (unpaired) electrons. The second kappa shape index (κ2) is 8.73. The van der Waals surface area contributed by atoms with E-state index in [9.17, 15) is 9.59 Å². The number of methoxy groups -OCH3 is 1. The van der Waals surface area contributed by atoms with Crippen LogP contribution in [0.2, 0.25) is 0 Å². The lowest BCUT2D eigenvalue weighted by molar-refractivity contribution is -0.143. The number of H-pyrrole nitrogens is 1. The van der Waals surface area contributed by atoms with Crippen molar-refractivity contribution < 1.29 is 14.3 Å². The molecule has 7 heteroatoms. The van der Waals surface area contributed by atoms with Gasteiger partial charge in [0.25, 0.3) is 11.8 Å². The zero-order chi connectivity index (χ0) is 22.0. The van der Waals surface area contributed by atoms with Crippen molar-refractivity contribution >= 4 is 17.6 Å². The van der Waals surface area contributed by atoms with Gasteiger partial charge in [0.05, 0.1) is 18.8 Å². The van der Waals surface area contributed by atoms with Gasteiger partial charge in [-0.15, -0.1) is 0 Å². The number of hydrogen-bond donors (Lipinski definition) is 2. The maximum atomic E-state index is 13.1. The number of benzene rings is 2. The van der Waals surface area contributed by atoms with E-state index in [4.69, 9.17) is 4.74 Å². The van der Waals surface area contributed by atoms with E-state index in [1.54, 1.807) is 4.90 Å². The Morgan fingerprint density at radius 3 is 2.39 bits per heavy atom. The summed E-state index contributed by atoms with van der Waals surface area (Å²) in [5.74, 6) is 0.507. The minimum atomic E-state index is -0.671. The van der Waals surface area contributed by atoms with Gasteiger partial charge in [-0.05, 0) is 29.2 Å². The first-order valence-corrected chi connectivity index (χ1v) is 10.3. The fraction of sp³-hybridized carbons (Fsp3) is 0.292. The number of fused-ring (bicyclic) bond motifs is 1. The van der Waals surface area contributed by atoms with Gasteiger partial charge in [-0.1, -0.05) is 56.3 Å². The monoisotopic (exact) mass is 418 g/mol. The van der Waals surface area contributed by atoms with Crippen molar-refractivity contribution in [3.05, 3.63) is 82.5 Å². The fourth-order valence-corrected chi connectivity index (χ4v) is 3.77. The fourth-order valence-electron chi connectivity index (χ4n) is 3.77. The molecule has 0 spiro atoms. The van der Waals surface area contributed by atoms with Crippen molar-refractivity contribution in [2.24, 2.45) is 0 Å². The Kier molecular flexibility index (Phi) is 5.86. The molecule has 2 amide bonds. The molecular weight excluding hydrogens is 392 g/mol. The van der Waals surface area contributed by atoms with Crippen LogP contribution in [0.5, 0.6) is 0 Å². The minimum absolute atomic E-state index is 0.125. The van der Waals surface area contributed by atoms with Crippen LogP contribution in [0.4, 0.5) is 5.82 Å². The van der Waals surface area contributed by atoms with Crippen molar-refractivity contribution in [1.29, 1.82) is 0 Å². The van der Waals surface area contributed by atoms with E-state index in [0.29, 0.717) is 30.4 Å². The zero-order valence-electron chi connectivity index (χ0n) is 17.9. The van der Waals surface area contributed by atoms with Crippen LogP contribution in [0.3, 0.4) is 0 Å². The Balaban J connectivity index is 1.46. The molecule has 3 aromatic rings. The highest BCUT2D eigenvalue weighted by Crippen LogP contribution is 2.30. The highest BCUT2D eigenvalue weighted by Gasteiger charge is 2.33. The van der Waals surface area contributed by atoms with Gasteiger partial charge in [0, 0.05) is 18.2 Å². The summed E-state index contributed by atoms with van der Waals surface area (Å²) in [6.45, 7) is 4.98. The van der Waals surface area contributed by atoms with E-state index >= 15 is 0 Å². The second-order valence-electron chi connectivity index (χ2n) is 7.98. The number of carbonyl (C=O) groups excluding carboxylic acids is 2. The number of aromatic nitrogens is 2. The first-order chi connectivity index (χ1) is 15.0. The summed E-state index contributed by atoms with van der Waals surface area (Å²) in [6, 6.07) is 17.0. The molecule has 1 aliphatic heterocycles. The molecule has 2 aromatic carbocycles. The third-order valence-electron chi connectivity index (χ3n) is 5.60. The first-order valence-electron chi connectivity index (χ1n) is 10.3. The van der Waals surface area contributed by atoms with E-state index in [1.165, 1.54) is 12.7 Å². The molecule has 7 nitrogen and oxygen atoms in total. The van der Waals surface area contributed by atoms with Gasteiger partial charge in [-0.2, -0.15) is 5.10 Å². The lowest BCUT2D eigenvalue weighted by Crippen LogP contribution is -2.32. The number of anilines is 1. The smallest absolute Gasteiger partial charge is 0.256 e. The zero-order valence-corrected chi connectivity index (χ0v) is 17.9. The Labute approximate surface area is 181 Å². The van der Waals surface area contributed by atoms with Gasteiger partial charge in [-0.25, -0.2) is 0 Å². The van der Waals surface area contributed by atoms with E-state index in [2.05, 4.69) is 29.4 Å². The summed E-state index contributed by atoms with van der Waals surface area (Å²) in [6.07, 6.45) is -0.671. The van der Waals surface area contributed by atoms with Crippen molar-refractivity contribution in [3.8, 4) is 0 Å². The molecule has 2 N–H and O–H groups in total. The molecule has 0 saturated carbocycles. The summed E-state index contributed by atoms with van der Waals surface area (Å²) < 4.78 is 5.48. The van der Waals surface area contributed by atoms with Crippen LogP contribution in [0.15, 0.2) is 54.6 Å². The average Bonchev–Trinajstić information content (AvgIpc) is 3.37. The Morgan fingerprint density at radius 1 is 1.03 bits per heavy atom. The lowest BCUT2D eigenvalue weighted by Gasteiger charge is -2.22. The number of nitrogens with zero attached hydrogens (tertiary/aromatic N) is 2. The lowest BCUT2D eigenvalue weighted by atomic mass is 10.0. The number of rotatable bonds is 6. The van der Waals surface area contributed by atoms with Crippen LogP contribution in [-0.2, 0) is 22.6 Å². The Hall–Kier alpha value is -3.45. The van der Waals surface area contributed by atoms with Gasteiger partial charge in [0.1, 0.15) is 0 Å². The normalized spacial score (nSPS) is 13.9. The maximum absolute atomic E-state index is 13.1. The third kappa shape index (κ3) is 4.22. The molecule has 1 aromatic heterocycles. The molecule has 2 heterocycles. The number of ether oxygens (including phenoxy) is 1. The van der Waals surface area contributed by atoms with Gasteiger partial charge in [-0.3, -0.25) is 14.7 Å². The first kappa shape index (κ1) is 20.8. The van der Waals surface area contributed by atoms with Crippen molar-refractivity contribution in [2.45, 2.75) is 39.0 Å². The number of nitrogens with one attached hydrogen (secondary N) is 2. The number of amides is 2. The number of carbonyl (C=O) groups is 2. The topological polar surface area (TPSA) is 87.3 Å². The molecule has 1 atom stereocenters. The van der Waals surface area contributed by atoms with E-state index < -0.39 is 6.10 Å². The second-order valence-corrected chi connectivity index (χ2v) is 7.98. The Morgan fingerprint density at radius 2 is 1.74 bits per heavy atom. The van der Waals surface area contributed by atoms with Gasteiger partial charge in [0.2, 0.25) is 0 Å². The van der Waals surface area contributed by atoms with Crippen LogP contribution in [0.25, 0.3) is 0 Å². The summed E-state index contributed by atoms with van der Waals surface area (Å²) in [5, 5.41) is 10.1. The highest BCUT2D eigenvalue weighted by atomic mass is 16.5. The van der Waals surface area contributed by atoms with E-state index in [-0.39, 0.29) is 11.8 Å². The highest BCUT2D eigenvalue weighted by molar-refractivity contribution is 6.04. The molecule has 0 saturated heterocycles. The molecule has 4 rings (SSSR count). The van der Waals surface area contributed by atoms with Crippen LogP contribution >= 0.6 is 0 Å².